The number of nitrogens with zero attached hydrogens (tertiary/aromatic N) is 1. The first-order chi connectivity index (χ1) is 12.9. The highest BCUT2D eigenvalue weighted by Gasteiger charge is 2.32. The predicted molar refractivity (Wildman–Crippen MR) is 103 cm³/mol. The Hall–Kier alpha value is -2.25. The number of thiophene rings is 1. The maximum atomic E-state index is 13.6. The number of aliphatic hydroxyl groups excluding tert-OH is 1. The van der Waals surface area contributed by atoms with E-state index < -0.39 is 11.8 Å². The second-order valence-corrected chi connectivity index (χ2v) is 7.77. The average Bonchev–Trinajstić information content (AvgIpc) is 3.08. The molecular weight excluding hydrogens is 369 g/mol. The van der Waals surface area contributed by atoms with Crippen LogP contribution in [0.3, 0.4) is 0 Å². The van der Waals surface area contributed by atoms with E-state index in [9.17, 15) is 24.2 Å². The van der Waals surface area contributed by atoms with Crippen molar-refractivity contribution in [3.63, 3.8) is 0 Å². The highest BCUT2D eigenvalue weighted by molar-refractivity contribution is 7.18. The zero-order valence-electron chi connectivity index (χ0n) is 15.0. The maximum absolute atomic E-state index is 13.6. The summed E-state index contributed by atoms with van der Waals surface area (Å²) in [7, 11) is 0. The molecule has 0 atom stereocenters. The molecule has 1 aromatic carbocycles. The number of benzene rings is 1. The average molecular weight is 391 g/mol. The highest BCUT2D eigenvalue weighted by Crippen LogP contribution is 2.40. The molecule has 0 saturated heterocycles. The van der Waals surface area contributed by atoms with Crippen molar-refractivity contribution in [2.75, 3.05) is 4.90 Å². The summed E-state index contributed by atoms with van der Waals surface area (Å²) in [6.07, 6.45) is 2.30. The molecule has 1 fully saturated rings. The van der Waals surface area contributed by atoms with E-state index in [-0.39, 0.29) is 29.4 Å². The summed E-state index contributed by atoms with van der Waals surface area (Å²) in [6, 6.07) is 7.49. The molecule has 1 aromatic heterocycles. The van der Waals surface area contributed by atoms with E-state index >= 15 is 0 Å². The van der Waals surface area contributed by atoms with Gasteiger partial charge in [0, 0.05) is 17.3 Å². The Bertz CT molecular complexity index is 842. The van der Waals surface area contributed by atoms with E-state index in [2.05, 4.69) is 0 Å². The quantitative estimate of drug-likeness (QED) is 0.797. The minimum atomic E-state index is -1.11. The number of halogens is 1. The number of anilines is 1. The van der Waals surface area contributed by atoms with Crippen molar-refractivity contribution >= 4 is 28.9 Å². The lowest BCUT2D eigenvalue weighted by Gasteiger charge is -2.35. The molecule has 1 heterocycles. The number of carbonyl (C=O) groups excluding carboxylic acids is 1. The van der Waals surface area contributed by atoms with E-state index in [1.54, 1.807) is 30.0 Å². The van der Waals surface area contributed by atoms with Crippen LogP contribution in [0, 0.1) is 5.82 Å². The lowest BCUT2D eigenvalue weighted by Crippen LogP contribution is -2.43. The van der Waals surface area contributed by atoms with Gasteiger partial charge in [0.15, 0.2) is 0 Å². The summed E-state index contributed by atoms with van der Waals surface area (Å²) < 4.78 is 13.6. The molecule has 0 radical (unpaired) electrons. The van der Waals surface area contributed by atoms with Crippen LogP contribution in [0.25, 0.3) is 10.4 Å². The molecule has 0 spiro atoms. The fourth-order valence-corrected chi connectivity index (χ4v) is 4.50. The van der Waals surface area contributed by atoms with Gasteiger partial charge < -0.3 is 15.1 Å². The van der Waals surface area contributed by atoms with E-state index in [1.165, 1.54) is 12.1 Å². The number of aliphatic hydroxyl groups is 1. The summed E-state index contributed by atoms with van der Waals surface area (Å²) in [5.74, 6) is -1.66. The molecular formula is C20H22FNO4S. The second-order valence-electron chi connectivity index (χ2n) is 6.72. The maximum Gasteiger partial charge on any atom is 0.348 e. The zero-order chi connectivity index (χ0) is 19.6. The molecule has 5 nitrogen and oxygen atoms in total. The van der Waals surface area contributed by atoms with Crippen molar-refractivity contribution < 1.29 is 24.2 Å². The highest BCUT2D eigenvalue weighted by atomic mass is 32.1. The van der Waals surface area contributed by atoms with Gasteiger partial charge >= 0.3 is 5.97 Å². The third-order valence-electron chi connectivity index (χ3n) is 4.88. The van der Waals surface area contributed by atoms with Crippen LogP contribution in [0.4, 0.5) is 10.1 Å². The van der Waals surface area contributed by atoms with Gasteiger partial charge in [0.25, 0.3) is 0 Å². The largest absolute Gasteiger partial charge is 0.477 e. The van der Waals surface area contributed by atoms with E-state index in [4.69, 9.17) is 0 Å². The molecule has 0 unspecified atom stereocenters. The summed E-state index contributed by atoms with van der Waals surface area (Å²) in [4.78, 5) is 26.8. The Morgan fingerprint density at radius 1 is 1.22 bits per heavy atom. The molecule has 7 heteroatoms. The fraction of sp³-hybridized carbons (Fsp3) is 0.400. The topological polar surface area (TPSA) is 77.8 Å². The summed E-state index contributed by atoms with van der Waals surface area (Å²) in [5, 5.41) is 19.4. The van der Waals surface area contributed by atoms with Gasteiger partial charge in [0.1, 0.15) is 10.7 Å². The molecule has 2 N–H and O–H groups in total. The van der Waals surface area contributed by atoms with Gasteiger partial charge in [-0.05, 0) is 49.4 Å². The number of amides is 1. The standard InChI is InChI=1S/C20H22FNO4S/c1-2-18(24)22(14-6-8-15(23)9-7-14)16-11-17(27-19(16)20(25)26)12-4-3-5-13(21)10-12/h3-5,10-11,14-15,23H,2,6-9H2,1H3,(H,25,26). The van der Waals surface area contributed by atoms with Gasteiger partial charge in [-0.3, -0.25) is 4.79 Å². The molecule has 1 aliphatic rings. The van der Waals surface area contributed by atoms with Crippen LogP contribution >= 0.6 is 11.3 Å². The normalized spacial score (nSPS) is 19.7. The van der Waals surface area contributed by atoms with Crippen LogP contribution in [0.5, 0.6) is 0 Å². The fourth-order valence-electron chi connectivity index (χ4n) is 3.52. The first kappa shape index (κ1) is 19.5. The number of carbonyl (C=O) groups is 2. The molecule has 2 aromatic rings. The number of hydrogen-bond acceptors (Lipinski definition) is 4. The Morgan fingerprint density at radius 2 is 1.93 bits per heavy atom. The Labute approximate surface area is 161 Å². The molecule has 3 rings (SSSR count). The third kappa shape index (κ3) is 4.20. The summed E-state index contributed by atoms with van der Waals surface area (Å²) >= 11 is 1.04. The lowest BCUT2D eigenvalue weighted by atomic mass is 9.91. The number of carboxylic acid groups (broad SMARTS) is 1. The van der Waals surface area contributed by atoms with Gasteiger partial charge in [-0.2, -0.15) is 0 Å². The number of carboxylic acids is 1. The molecule has 1 amide bonds. The zero-order valence-corrected chi connectivity index (χ0v) is 15.8. The van der Waals surface area contributed by atoms with Gasteiger partial charge in [0.05, 0.1) is 11.8 Å². The Morgan fingerprint density at radius 3 is 2.52 bits per heavy atom. The van der Waals surface area contributed by atoms with Crippen molar-refractivity contribution in [1.29, 1.82) is 0 Å². The number of hydrogen-bond donors (Lipinski definition) is 2. The van der Waals surface area contributed by atoms with Crippen LogP contribution in [-0.2, 0) is 4.79 Å². The predicted octanol–water partition coefficient (Wildman–Crippen LogP) is 4.30. The summed E-state index contributed by atoms with van der Waals surface area (Å²) in [5.41, 5.74) is 0.941. The molecule has 27 heavy (non-hydrogen) atoms. The van der Waals surface area contributed by atoms with Crippen molar-refractivity contribution in [2.45, 2.75) is 51.2 Å². The van der Waals surface area contributed by atoms with Gasteiger partial charge in [-0.1, -0.05) is 19.1 Å². The second kappa shape index (κ2) is 8.19. The molecule has 1 saturated carbocycles. The first-order valence-electron chi connectivity index (χ1n) is 9.04. The van der Waals surface area contributed by atoms with E-state index in [0.717, 1.165) is 11.3 Å². The minimum Gasteiger partial charge on any atom is -0.477 e. The summed E-state index contributed by atoms with van der Waals surface area (Å²) in [6.45, 7) is 1.74. The Kier molecular flexibility index (Phi) is 5.92. The van der Waals surface area contributed by atoms with Crippen molar-refractivity contribution in [1.82, 2.24) is 0 Å². The van der Waals surface area contributed by atoms with Crippen LogP contribution in [0.2, 0.25) is 0 Å². The first-order valence-corrected chi connectivity index (χ1v) is 9.85. The minimum absolute atomic E-state index is 0.0715. The van der Waals surface area contributed by atoms with Gasteiger partial charge in [0.2, 0.25) is 5.91 Å². The third-order valence-corrected chi connectivity index (χ3v) is 6.04. The van der Waals surface area contributed by atoms with E-state index in [0.29, 0.717) is 41.8 Å². The van der Waals surface area contributed by atoms with Crippen molar-refractivity contribution in [3.8, 4) is 10.4 Å². The van der Waals surface area contributed by atoms with Crippen LogP contribution in [0.15, 0.2) is 30.3 Å². The number of rotatable bonds is 5. The molecule has 1 aliphatic carbocycles. The molecule has 0 aliphatic heterocycles. The van der Waals surface area contributed by atoms with Crippen LogP contribution in [0.1, 0.15) is 48.7 Å². The monoisotopic (exact) mass is 391 g/mol. The SMILES string of the molecule is CCC(=O)N(c1cc(-c2cccc(F)c2)sc1C(=O)O)C1CCC(O)CC1. The lowest BCUT2D eigenvalue weighted by molar-refractivity contribution is -0.119. The van der Waals surface area contributed by atoms with Crippen LogP contribution in [-0.4, -0.2) is 34.2 Å². The Balaban J connectivity index is 2.05. The van der Waals surface area contributed by atoms with E-state index in [1.807, 2.05) is 0 Å². The van der Waals surface area contributed by atoms with Crippen molar-refractivity contribution in [2.24, 2.45) is 0 Å². The molecule has 0 bridgehead atoms. The molecule has 144 valence electrons. The van der Waals surface area contributed by atoms with Crippen LogP contribution < -0.4 is 4.90 Å². The smallest absolute Gasteiger partial charge is 0.348 e. The van der Waals surface area contributed by atoms with Crippen molar-refractivity contribution in [3.05, 3.63) is 41.0 Å². The van der Waals surface area contributed by atoms with Gasteiger partial charge in [-0.15, -0.1) is 11.3 Å². The number of aromatic carboxylic acids is 1. The van der Waals surface area contributed by atoms with Gasteiger partial charge in [-0.25, -0.2) is 9.18 Å².